The minimum Gasteiger partial charge on any atom is -0.395 e. The Morgan fingerprint density at radius 2 is 3.00 bits per heavy atom. The van der Waals surface area contributed by atoms with Crippen molar-refractivity contribution in [2.24, 2.45) is 5.73 Å². The summed E-state index contributed by atoms with van der Waals surface area (Å²) in [5.74, 6) is 0. The van der Waals surface area contributed by atoms with Crippen LogP contribution in [0.4, 0.5) is 0 Å². The largest absolute Gasteiger partial charge is 0.395 e. The maximum absolute atomic E-state index is 8.33. The number of hydrogen-bond acceptors (Lipinski definition) is 3. The summed E-state index contributed by atoms with van der Waals surface area (Å²) in [6.07, 6.45) is -0.322. The molecule has 0 saturated carbocycles. The molecule has 1 unspecified atom stereocenters. The summed E-state index contributed by atoms with van der Waals surface area (Å²) in [5.41, 5.74) is 2.13. The molecule has 0 aliphatic heterocycles. The van der Waals surface area contributed by atoms with Crippen molar-refractivity contribution in [3.05, 3.63) is 0 Å². The van der Waals surface area contributed by atoms with E-state index >= 15 is 0 Å². The monoisotopic (exact) mass is 106 g/mol. The van der Waals surface area contributed by atoms with Crippen LogP contribution in [0.15, 0.2) is 0 Å². The molecule has 44 valence electrons. The third kappa shape index (κ3) is 5.88. The summed E-state index contributed by atoms with van der Waals surface area (Å²) in [4.78, 5) is 0. The quantitative estimate of drug-likeness (QED) is 0.398. The van der Waals surface area contributed by atoms with E-state index in [-0.39, 0.29) is 19.3 Å². The molecule has 0 aromatic carbocycles. The minimum atomic E-state index is -0.322. The molecular formula is C4H12N2O. The fraction of sp³-hybridized carbons (Fsp3) is 1.00. The van der Waals surface area contributed by atoms with Crippen LogP contribution in [0.2, 0.25) is 2.82 Å². The van der Waals surface area contributed by atoms with Crippen molar-refractivity contribution >= 4 is 0 Å². The summed E-state index contributed by atoms with van der Waals surface area (Å²) in [6, 6.07) is 0. The van der Waals surface area contributed by atoms with Gasteiger partial charge in [0.1, 0.15) is 2.82 Å². The fourth-order valence-corrected chi connectivity index (χ4v) is 0.251. The Hall–Kier alpha value is -0.120. The van der Waals surface area contributed by atoms with E-state index in [1.54, 1.807) is 6.92 Å². The normalized spacial score (nSPS) is 18.7. The Morgan fingerprint density at radius 1 is 2.29 bits per heavy atom. The zero-order valence-electron chi connectivity index (χ0n) is 6.39. The lowest BCUT2D eigenvalue weighted by Gasteiger charge is -2.03. The highest BCUT2D eigenvalue weighted by molar-refractivity contribution is 4.47. The highest BCUT2D eigenvalue weighted by Crippen LogP contribution is 1.61. The fourth-order valence-electron chi connectivity index (χ4n) is 0.251. The van der Waals surface area contributed by atoms with Crippen LogP contribution in [0.25, 0.3) is 0 Å². The van der Waals surface area contributed by atoms with Gasteiger partial charge in [-0.3, -0.25) is 0 Å². The number of nitrogens with one attached hydrogen (secondary N) is 1. The summed E-state index contributed by atoms with van der Waals surface area (Å²) in [5, 5.41) is 9.43. The lowest BCUT2D eigenvalue weighted by molar-refractivity contribution is 0.286. The van der Waals surface area contributed by atoms with Gasteiger partial charge in [0.25, 0.3) is 0 Å². The van der Waals surface area contributed by atoms with Crippen LogP contribution in [-0.4, -0.2) is 24.4 Å². The molecule has 0 aromatic heterocycles. The average molecular weight is 106 g/mol. The number of nitrogens with two attached hydrogens (primary N) is 1. The van der Waals surface area contributed by atoms with Gasteiger partial charge in [0.2, 0.25) is 0 Å². The van der Waals surface area contributed by atoms with Crippen LogP contribution >= 0.6 is 0 Å². The number of hydrogen-bond donors (Lipinski definition) is 3. The van der Waals surface area contributed by atoms with Crippen LogP contribution in [-0.2, 0) is 0 Å². The maximum Gasteiger partial charge on any atom is 0.124 e. The molecule has 0 rings (SSSR count). The first-order chi connectivity index (χ1) is 4.22. The van der Waals surface area contributed by atoms with Gasteiger partial charge in [0.05, 0.1) is 12.8 Å². The van der Waals surface area contributed by atoms with E-state index < -0.39 is 0 Å². The summed E-state index contributed by atoms with van der Waals surface area (Å²) in [7, 11) is 0. The lowest BCUT2D eigenvalue weighted by atomic mass is 10.5. The molecule has 0 aliphatic rings. The van der Waals surface area contributed by atoms with Gasteiger partial charge in [-0.1, -0.05) is 0 Å². The lowest BCUT2D eigenvalue weighted by Crippen LogP contribution is -2.35. The first kappa shape index (κ1) is 3.83. The predicted octanol–water partition coefficient (Wildman–Crippen LogP) is -1.13. The Balaban J connectivity index is 3.32. The topological polar surface area (TPSA) is 58.3 Å². The molecule has 0 fully saturated rings. The number of aliphatic hydroxyl groups is 1. The molecule has 0 radical (unpaired) electrons. The number of rotatable bonds is 4. The van der Waals surface area contributed by atoms with Gasteiger partial charge >= 0.3 is 0 Å². The van der Waals surface area contributed by atoms with Gasteiger partial charge in [-0.2, -0.15) is 0 Å². The Kier molecular flexibility index (Phi) is 2.22. The molecule has 0 saturated heterocycles. The Morgan fingerprint density at radius 3 is 3.43 bits per heavy atom. The summed E-state index contributed by atoms with van der Waals surface area (Å²) < 4.78 is 13.7. The average Bonchev–Trinajstić information content (AvgIpc) is 1.87. The molecule has 0 amide bonds. The maximum atomic E-state index is 8.33. The van der Waals surface area contributed by atoms with E-state index in [0.29, 0.717) is 0 Å². The Bertz CT molecular complexity index is 73.6. The molecule has 0 aliphatic carbocycles. The second kappa shape index (κ2) is 4.05. The van der Waals surface area contributed by atoms with E-state index in [1.807, 2.05) is 0 Å². The van der Waals surface area contributed by atoms with Crippen molar-refractivity contribution in [1.82, 2.24) is 5.31 Å². The van der Waals surface area contributed by atoms with E-state index in [1.165, 1.54) is 0 Å². The molecule has 1 atom stereocenters. The standard InChI is InChI=1S/C4H12N2O/c1-4(5)6-2-3-7/h4,6-7H,2-3,5H2,1H3/i/hD2. The molecule has 7 heavy (non-hydrogen) atoms. The molecule has 4 N–H and O–H groups in total. The van der Waals surface area contributed by atoms with Gasteiger partial charge in [-0.25, -0.2) is 0 Å². The molecule has 0 aromatic rings. The van der Waals surface area contributed by atoms with E-state index in [0.717, 1.165) is 5.31 Å². The molecule has 0 heterocycles. The van der Waals surface area contributed by atoms with Gasteiger partial charge in [-0.05, 0) is 6.92 Å². The van der Waals surface area contributed by atoms with Crippen molar-refractivity contribution in [3.8, 4) is 0 Å². The van der Waals surface area contributed by atoms with Crippen molar-refractivity contribution in [2.75, 3.05) is 13.2 Å². The van der Waals surface area contributed by atoms with Crippen molar-refractivity contribution < 1.29 is 7.93 Å². The van der Waals surface area contributed by atoms with Crippen molar-refractivity contribution in [3.63, 3.8) is 0 Å². The van der Waals surface area contributed by atoms with Crippen molar-refractivity contribution in [2.45, 2.75) is 13.1 Å². The summed E-state index contributed by atoms with van der Waals surface area (Å²) >= 11 is 0. The number of aliphatic hydroxyl groups excluding tert-OH is 1. The third-order valence-corrected chi connectivity index (χ3v) is 0.503. The Labute approximate surface area is 46.4 Å². The molecule has 0 bridgehead atoms. The minimum absolute atomic E-state index is 0.0461. The first-order valence-electron chi connectivity index (χ1n) is 3.20. The van der Waals surface area contributed by atoms with Gasteiger partial charge < -0.3 is 16.1 Å². The highest BCUT2D eigenvalue weighted by Gasteiger charge is 1.85. The SMILES string of the molecule is [2H]NC(C)N([2H])CCO. The van der Waals surface area contributed by atoms with Crippen LogP contribution in [0.5, 0.6) is 0 Å². The van der Waals surface area contributed by atoms with Gasteiger partial charge in [-0.15, -0.1) is 0 Å². The molecule has 0 spiro atoms. The third-order valence-electron chi connectivity index (χ3n) is 0.503. The zero-order valence-corrected chi connectivity index (χ0v) is 4.39. The second-order valence-corrected chi connectivity index (χ2v) is 1.31. The molecular weight excluding hydrogens is 92.1 g/mol. The van der Waals surface area contributed by atoms with Crippen molar-refractivity contribution in [1.29, 1.82) is 0 Å². The van der Waals surface area contributed by atoms with Crippen LogP contribution in [0, 0.1) is 0 Å². The van der Waals surface area contributed by atoms with E-state index in [2.05, 4.69) is 5.73 Å². The first-order valence-corrected chi connectivity index (χ1v) is 2.26. The molecule has 3 heteroatoms. The second-order valence-electron chi connectivity index (χ2n) is 1.31. The smallest absolute Gasteiger partial charge is 0.124 e. The van der Waals surface area contributed by atoms with Gasteiger partial charge in [0.15, 0.2) is 0 Å². The van der Waals surface area contributed by atoms with Crippen LogP contribution < -0.4 is 11.0 Å². The van der Waals surface area contributed by atoms with E-state index in [4.69, 9.17) is 7.93 Å². The predicted molar refractivity (Wildman–Crippen MR) is 28.7 cm³/mol. The highest BCUT2D eigenvalue weighted by atomic mass is 16.3. The van der Waals surface area contributed by atoms with Crippen LogP contribution in [0.3, 0.4) is 0 Å². The van der Waals surface area contributed by atoms with E-state index in [9.17, 15) is 0 Å². The zero-order chi connectivity index (χ0) is 7.28. The summed E-state index contributed by atoms with van der Waals surface area (Å²) in [6.45, 7) is 1.90. The van der Waals surface area contributed by atoms with Gasteiger partial charge in [0, 0.05) is 6.54 Å². The molecule has 3 nitrogen and oxygen atoms in total. The van der Waals surface area contributed by atoms with Crippen LogP contribution in [0.1, 0.15) is 6.92 Å².